The number of pyridine rings is 1. The molecule has 0 aliphatic carbocycles. The Morgan fingerprint density at radius 2 is 1.86 bits per heavy atom. The lowest BCUT2D eigenvalue weighted by Crippen LogP contribution is -2.47. The van der Waals surface area contributed by atoms with E-state index in [1.807, 2.05) is 18.5 Å². The first-order chi connectivity index (χ1) is 9.80. The smallest absolute Gasteiger partial charge is 0.0312 e. The molecule has 21 heavy (non-hydrogen) atoms. The summed E-state index contributed by atoms with van der Waals surface area (Å²) in [6, 6.07) is 4.16. The van der Waals surface area contributed by atoms with Crippen LogP contribution in [0.25, 0.3) is 0 Å². The van der Waals surface area contributed by atoms with Crippen molar-refractivity contribution in [1.29, 1.82) is 0 Å². The fraction of sp³-hybridized carbons (Fsp3) is 0.722. The minimum Gasteiger partial charge on any atom is -0.311 e. The van der Waals surface area contributed by atoms with E-state index in [1.54, 1.807) is 0 Å². The molecule has 0 amide bonds. The van der Waals surface area contributed by atoms with Crippen LogP contribution in [0.3, 0.4) is 0 Å². The van der Waals surface area contributed by atoms with Crippen molar-refractivity contribution in [2.75, 3.05) is 20.1 Å². The monoisotopic (exact) mass is 291 g/mol. The van der Waals surface area contributed by atoms with Crippen molar-refractivity contribution in [3.63, 3.8) is 0 Å². The van der Waals surface area contributed by atoms with Crippen LogP contribution in [-0.4, -0.2) is 35.6 Å². The molecule has 1 aromatic heterocycles. The molecule has 120 valence electrons. The molecule has 0 spiro atoms. The average molecular weight is 291 g/mol. The molecule has 1 aromatic rings. The molecule has 0 saturated carbocycles. The van der Waals surface area contributed by atoms with Gasteiger partial charge in [0, 0.05) is 37.6 Å². The molecule has 0 aromatic carbocycles. The molecule has 1 N–H and O–H groups in total. The highest BCUT2D eigenvalue weighted by atomic mass is 15.1. The molecule has 0 radical (unpaired) electrons. The van der Waals surface area contributed by atoms with Gasteiger partial charge in [0.2, 0.25) is 0 Å². The van der Waals surface area contributed by atoms with Gasteiger partial charge in [-0.05, 0) is 57.7 Å². The molecule has 3 nitrogen and oxygen atoms in total. The van der Waals surface area contributed by atoms with Crippen LogP contribution < -0.4 is 5.32 Å². The molecule has 0 unspecified atom stereocenters. The Morgan fingerprint density at radius 1 is 1.19 bits per heavy atom. The van der Waals surface area contributed by atoms with Crippen molar-refractivity contribution in [2.45, 2.75) is 59.5 Å². The third-order valence-electron chi connectivity index (χ3n) is 4.27. The zero-order valence-electron chi connectivity index (χ0n) is 14.7. The van der Waals surface area contributed by atoms with Gasteiger partial charge in [-0.1, -0.05) is 19.9 Å². The Morgan fingerprint density at radius 3 is 2.33 bits per heavy atom. The van der Waals surface area contributed by atoms with E-state index in [2.05, 4.69) is 62.9 Å². The van der Waals surface area contributed by atoms with Gasteiger partial charge in [0.05, 0.1) is 0 Å². The van der Waals surface area contributed by atoms with Crippen LogP contribution >= 0.6 is 0 Å². The average Bonchev–Trinajstić information content (AvgIpc) is 2.44. The van der Waals surface area contributed by atoms with E-state index in [0.717, 1.165) is 19.6 Å². The van der Waals surface area contributed by atoms with E-state index in [9.17, 15) is 0 Å². The predicted octanol–water partition coefficient (Wildman–Crippen LogP) is 3.71. The molecule has 0 atom stereocenters. The van der Waals surface area contributed by atoms with E-state index in [0.29, 0.717) is 5.41 Å². The van der Waals surface area contributed by atoms with Crippen molar-refractivity contribution in [3.05, 3.63) is 30.1 Å². The highest BCUT2D eigenvalue weighted by molar-refractivity contribution is 5.08. The topological polar surface area (TPSA) is 28.2 Å². The standard InChI is InChI=1S/C18H33N3/c1-7-18(8-2,14-20-17(3,4)5)15-21(6)13-16-10-9-11-19-12-16/h9-12,20H,7-8,13-15H2,1-6H3. The van der Waals surface area contributed by atoms with Crippen molar-refractivity contribution in [3.8, 4) is 0 Å². The molecule has 0 fully saturated rings. The first kappa shape index (κ1) is 18.1. The van der Waals surface area contributed by atoms with Crippen molar-refractivity contribution >= 4 is 0 Å². The molecular weight excluding hydrogens is 258 g/mol. The van der Waals surface area contributed by atoms with Gasteiger partial charge in [0.25, 0.3) is 0 Å². The minimum atomic E-state index is 0.178. The van der Waals surface area contributed by atoms with Crippen LogP contribution in [0.15, 0.2) is 24.5 Å². The second kappa shape index (κ2) is 7.90. The zero-order valence-corrected chi connectivity index (χ0v) is 14.7. The van der Waals surface area contributed by atoms with Crippen molar-refractivity contribution in [2.24, 2.45) is 5.41 Å². The summed E-state index contributed by atoms with van der Waals surface area (Å²) in [4.78, 5) is 6.63. The minimum absolute atomic E-state index is 0.178. The molecule has 1 heterocycles. The van der Waals surface area contributed by atoms with E-state index in [1.165, 1.54) is 18.4 Å². The lowest BCUT2D eigenvalue weighted by Gasteiger charge is -2.38. The van der Waals surface area contributed by atoms with Gasteiger partial charge in [-0.2, -0.15) is 0 Å². The highest BCUT2D eigenvalue weighted by Gasteiger charge is 2.29. The Hall–Kier alpha value is -0.930. The molecule has 0 aliphatic rings. The number of nitrogens with one attached hydrogen (secondary N) is 1. The van der Waals surface area contributed by atoms with Gasteiger partial charge < -0.3 is 10.2 Å². The number of nitrogens with zero attached hydrogens (tertiary/aromatic N) is 2. The summed E-state index contributed by atoms with van der Waals surface area (Å²) in [6.07, 6.45) is 6.19. The van der Waals surface area contributed by atoms with Crippen LogP contribution in [0.4, 0.5) is 0 Å². The lowest BCUT2D eigenvalue weighted by atomic mass is 9.81. The number of rotatable bonds is 8. The molecular formula is C18H33N3. The molecule has 0 saturated heterocycles. The fourth-order valence-corrected chi connectivity index (χ4v) is 2.66. The number of hydrogen-bond donors (Lipinski definition) is 1. The summed E-state index contributed by atoms with van der Waals surface area (Å²) in [5.41, 5.74) is 1.80. The van der Waals surface area contributed by atoms with Crippen LogP contribution in [0.2, 0.25) is 0 Å². The quantitative estimate of drug-likeness (QED) is 0.791. The van der Waals surface area contributed by atoms with Crippen LogP contribution in [0.1, 0.15) is 53.0 Å². The van der Waals surface area contributed by atoms with Crippen LogP contribution in [0, 0.1) is 5.41 Å². The molecule has 1 rings (SSSR count). The van der Waals surface area contributed by atoms with E-state index in [4.69, 9.17) is 0 Å². The number of aromatic nitrogens is 1. The lowest BCUT2D eigenvalue weighted by molar-refractivity contribution is 0.140. The number of hydrogen-bond acceptors (Lipinski definition) is 3. The summed E-state index contributed by atoms with van der Waals surface area (Å²) < 4.78 is 0. The Labute approximate surface area is 131 Å². The summed E-state index contributed by atoms with van der Waals surface area (Å²) in [5, 5.41) is 3.69. The van der Waals surface area contributed by atoms with Crippen molar-refractivity contribution in [1.82, 2.24) is 15.2 Å². The molecule has 0 aliphatic heterocycles. The summed E-state index contributed by atoms with van der Waals surface area (Å²) in [5.74, 6) is 0. The van der Waals surface area contributed by atoms with Gasteiger partial charge in [-0.3, -0.25) is 4.98 Å². The van der Waals surface area contributed by atoms with Crippen molar-refractivity contribution < 1.29 is 0 Å². The maximum Gasteiger partial charge on any atom is 0.0312 e. The van der Waals surface area contributed by atoms with Gasteiger partial charge in [-0.15, -0.1) is 0 Å². The highest BCUT2D eigenvalue weighted by Crippen LogP contribution is 2.27. The maximum absolute atomic E-state index is 4.20. The molecule has 3 heteroatoms. The Bertz CT molecular complexity index is 391. The third-order valence-corrected chi connectivity index (χ3v) is 4.27. The Kier molecular flexibility index (Phi) is 6.82. The zero-order chi connectivity index (χ0) is 15.9. The third kappa shape index (κ3) is 6.58. The maximum atomic E-state index is 4.20. The van der Waals surface area contributed by atoms with E-state index >= 15 is 0 Å². The summed E-state index contributed by atoms with van der Waals surface area (Å²) in [6.45, 7) is 14.5. The fourth-order valence-electron chi connectivity index (χ4n) is 2.66. The first-order valence-corrected chi connectivity index (χ1v) is 8.13. The van der Waals surface area contributed by atoms with Crippen LogP contribution in [-0.2, 0) is 6.54 Å². The van der Waals surface area contributed by atoms with E-state index in [-0.39, 0.29) is 5.54 Å². The molecule has 0 bridgehead atoms. The Balaban J connectivity index is 2.64. The normalized spacial score (nSPS) is 12.9. The predicted molar refractivity (Wildman–Crippen MR) is 91.3 cm³/mol. The van der Waals surface area contributed by atoms with Gasteiger partial charge in [-0.25, -0.2) is 0 Å². The van der Waals surface area contributed by atoms with E-state index < -0.39 is 0 Å². The second-order valence-electron chi connectivity index (χ2n) is 7.34. The summed E-state index contributed by atoms with van der Waals surface area (Å²) >= 11 is 0. The van der Waals surface area contributed by atoms with Gasteiger partial charge in [0.1, 0.15) is 0 Å². The summed E-state index contributed by atoms with van der Waals surface area (Å²) in [7, 11) is 2.21. The first-order valence-electron chi connectivity index (χ1n) is 8.13. The van der Waals surface area contributed by atoms with Crippen LogP contribution in [0.5, 0.6) is 0 Å². The second-order valence-corrected chi connectivity index (χ2v) is 7.34. The SMILES string of the molecule is CCC(CC)(CNC(C)(C)C)CN(C)Cc1cccnc1. The van der Waals surface area contributed by atoms with Gasteiger partial charge in [0.15, 0.2) is 0 Å². The van der Waals surface area contributed by atoms with Gasteiger partial charge >= 0.3 is 0 Å². The largest absolute Gasteiger partial charge is 0.311 e.